The molecule has 2 unspecified atom stereocenters. The van der Waals surface area contributed by atoms with Crippen molar-refractivity contribution in [2.75, 3.05) is 6.61 Å². The van der Waals surface area contributed by atoms with Crippen LogP contribution in [-0.4, -0.2) is 27.9 Å². The van der Waals surface area contributed by atoms with Gasteiger partial charge >= 0.3 is 6.18 Å². The van der Waals surface area contributed by atoms with Crippen LogP contribution in [0.25, 0.3) is 10.6 Å². The molecule has 2 N–H and O–H groups in total. The summed E-state index contributed by atoms with van der Waals surface area (Å²) in [7, 11) is 0. The Morgan fingerprint density at radius 1 is 1.09 bits per heavy atom. The minimum atomic E-state index is -4.36. The third kappa shape index (κ3) is 5.88. The van der Waals surface area contributed by atoms with Gasteiger partial charge < -0.3 is 14.9 Å². The van der Waals surface area contributed by atoms with Crippen LogP contribution in [0.15, 0.2) is 42.5 Å². The molecule has 3 aromatic rings. The highest BCUT2D eigenvalue weighted by molar-refractivity contribution is 7.15. The van der Waals surface area contributed by atoms with Gasteiger partial charge in [0, 0.05) is 10.4 Å². The fourth-order valence-electron chi connectivity index (χ4n) is 3.29. The van der Waals surface area contributed by atoms with Crippen molar-refractivity contribution in [1.29, 1.82) is 0 Å². The zero-order valence-corrected chi connectivity index (χ0v) is 18.9. The van der Waals surface area contributed by atoms with Crippen LogP contribution < -0.4 is 4.74 Å². The minimum absolute atomic E-state index is 0.0769. The molecule has 0 aliphatic rings. The Morgan fingerprint density at radius 3 is 2.38 bits per heavy atom. The van der Waals surface area contributed by atoms with Gasteiger partial charge in [-0.1, -0.05) is 18.2 Å². The fourth-order valence-corrected chi connectivity index (χ4v) is 4.37. The van der Waals surface area contributed by atoms with Gasteiger partial charge in [0.1, 0.15) is 16.9 Å². The molecule has 1 aromatic heterocycles. The second kappa shape index (κ2) is 10.0. The molecule has 32 heavy (non-hydrogen) atoms. The van der Waals surface area contributed by atoms with Crippen LogP contribution in [-0.2, 0) is 12.6 Å². The lowest BCUT2D eigenvalue weighted by Crippen LogP contribution is -2.16. The number of aliphatic hydroxyl groups is 2. The van der Waals surface area contributed by atoms with Gasteiger partial charge in [-0.3, -0.25) is 0 Å². The van der Waals surface area contributed by atoms with Gasteiger partial charge in [0.25, 0.3) is 0 Å². The van der Waals surface area contributed by atoms with Crippen LogP contribution in [0.3, 0.4) is 0 Å². The summed E-state index contributed by atoms with van der Waals surface area (Å²) >= 11 is 1.43. The van der Waals surface area contributed by atoms with E-state index in [0.29, 0.717) is 29.2 Å². The molecule has 0 bridgehead atoms. The summed E-state index contributed by atoms with van der Waals surface area (Å²) in [5, 5.41) is 20.4. The number of halogens is 3. The number of aliphatic hydroxyl groups excluding tert-OH is 2. The van der Waals surface area contributed by atoms with E-state index in [-0.39, 0.29) is 12.7 Å². The van der Waals surface area contributed by atoms with Gasteiger partial charge in [-0.25, -0.2) is 4.98 Å². The number of alkyl halides is 3. The van der Waals surface area contributed by atoms with E-state index >= 15 is 0 Å². The van der Waals surface area contributed by atoms with Crippen LogP contribution in [0.2, 0.25) is 0 Å². The number of nitrogens with zero attached hydrogens (tertiary/aromatic N) is 1. The largest absolute Gasteiger partial charge is 0.488 e. The van der Waals surface area contributed by atoms with E-state index in [2.05, 4.69) is 4.98 Å². The number of hydrogen-bond donors (Lipinski definition) is 2. The van der Waals surface area contributed by atoms with Crippen molar-refractivity contribution in [3.63, 3.8) is 0 Å². The Kier molecular flexibility index (Phi) is 7.59. The standard InChI is InChI=1S/C24H26F3NO3S/c1-14-12-18(6-10-21(14)31-15(2)13-29)20(30)9-11-22-16(3)28-23(32-22)17-4-7-19(8-5-17)24(25,26)27/h4-8,10,12,15,20,29-30H,9,11,13H2,1-3H3. The Balaban J connectivity index is 1.66. The second-order valence-electron chi connectivity index (χ2n) is 7.79. The molecule has 3 rings (SSSR count). The number of hydrogen-bond acceptors (Lipinski definition) is 5. The monoisotopic (exact) mass is 465 g/mol. The summed E-state index contributed by atoms with van der Waals surface area (Å²) in [6.45, 7) is 5.45. The lowest BCUT2D eigenvalue weighted by atomic mass is 10.0. The second-order valence-corrected chi connectivity index (χ2v) is 8.88. The third-order valence-electron chi connectivity index (χ3n) is 5.17. The van der Waals surface area contributed by atoms with E-state index in [4.69, 9.17) is 9.84 Å². The third-order valence-corrected chi connectivity index (χ3v) is 6.43. The SMILES string of the molecule is Cc1cc(C(O)CCc2sc(-c3ccc(C(F)(F)F)cc3)nc2C)ccc1OC(C)CO. The molecule has 1 heterocycles. The fraction of sp³-hybridized carbons (Fsp3) is 0.375. The molecule has 0 aliphatic heterocycles. The highest BCUT2D eigenvalue weighted by Gasteiger charge is 2.30. The normalized spacial score (nSPS) is 13.8. The minimum Gasteiger partial charge on any atom is -0.488 e. The maximum absolute atomic E-state index is 12.8. The molecule has 172 valence electrons. The molecule has 0 radical (unpaired) electrons. The van der Waals surface area contributed by atoms with Gasteiger partial charge in [-0.2, -0.15) is 13.2 Å². The Hall–Kier alpha value is -2.42. The summed E-state index contributed by atoms with van der Waals surface area (Å²) in [6, 6.07) is 10.5. The molecule has 0 saturated heterocycles. The highest BCUT2D eigenvalue weighted by atomic mass is 32.1. The molecule has 0 aliphatic carbocycles. The zero-order chi connectivity index (χ0) is 23.5. The van der Waals surface area contributed by atoms with Crippen molar-refractivity contribution >= 4 is 11.3 Å². The predicted molar refractivity (Wildman–Crippen MR) is 119 cm³/mol. The van der Waals surface area contributed by atoms with E-state index in [0.717, 1.165) is 33.8 Å². The number of aryl methyl sites for hydroxylation is 3. The van der Waals surface area contributed by atoms with Crippen LogP contribution in [0.5, 0.6) is 5.75 Å². The summed E-state index contributed by atoms with van der Waals surface area (Å²) in [6.07, 6.45) is -4.25. The number of rotatable bonds is 8. The Labute approximate surface area is 189 Å². The first-order valence-electron chi connectivity index (χ1n) is 10.3. The molecule has 0 amide bonds. The summed E-state index contributed by atoms with van der Waals surface area (Å²) in [5.74, 6) is 0.669. The highest BCUT2D eigenvalue weighted by Crippen LogP contribution is 2.34. The number of ether oxygens (including phenoxy) is 1. The first kappa shape index (κ1) is 24.2. The van der Waals surface area contributed by atoms with Crippen molar-refractivity contribution in [3.8, 4) is 16.3 Å². The molecule has 2 aromatic carbocycles. The molecular formula is C24H26F3NO3S. The lowest BCUT2D eigenvalue weighted by Gasteiger charge is -2.17. The molecule has 0 spiro atoms. The Bertz CT molecular complexity index is 1050. The van der Waals surface area contributed by atoms with Gasteiger partial charge in [0.15, 0.2) is 0 Å². The van der Waals surface area contributed by atoms with Gasteiger partial charge in [-0.15, -0.1) is 11.3 Å². The summed E-state index contributed by atoms with van der Waals surface area (Å²) in [5.41, 5.74) is 2.42. The molecule has 2 atom stereocenters. The van der Waals surface area contributed by atoms with Crippen LogP contribution in [0.1, 0.15) is 46.7 Å². The van der Waals surface area contributed by atoms with E-state index in [1.165, 1.54) is 23.5 Å². The maximum atomic E-state index is 12.8. The van der Waals surface area contributed by atoms with Gasteiger partial charge in [0.2, 0.25) is 0 Å². The van der Waals surface area contributed by atoms with Gasteiger partial charge in [0.05, 0.1) is 24.0 Å². The van der Waals surface area contributed by atoms with Crippen molar-refractivity contribution in [1.82, 2.24) is 4.98 Å². The number of benzene rings is 2. The molecular weight excluding hydrogens is 439 g/mol. The van der Waals surface area contributed by atoms with Crippen LogP contribution in [0.4, 0.5) is 13.2 Å². The average molecular weight is 466 g/mol. The number of aromatic nitrogens is 1. The van der Waals surface area contributed by atoms with Crippen molar-refractivity contribution < 1.29 is 28.1 Å². The van der Waals surface area contributed by atoms with E-state index in [1.807, 2.05) is 26.0 Å². The molecule has 0 fully saturated rings. The first-order chi connectivity index (χ1) is 15.1. The van der Waals surface area contributed by atoms with E-state index < -0.39 is 17.8 Å². The average Bonchev–Trinajstić information content (AvgIpc) is 3.13. The van der Waals surface area contributed by atoms with Gasteiger partial charge in [-0.05, 0) is 69.0 Å². The molecule has 8 heteroatoms. The molecule has 4 nitrogen and oxygen atoms in total. The van der Waals surface area contributed by atoms with Crippen molar-refractivity contribution in [2.24, 2.45) is 0 Å². The summed E-state index contributed by atoms with van der Waals surface area (Å²) in [4.78, 5) is 5.50. The lowest BCUT2D eigenvalue weighted by molar-refractivity contribution is -0.137. The summed E-state index contributed by atoms with van der Waals surface area (Å²) < 4.78 is 44.0. The topological polar surface area (TPSA) is 62.6 Å². The quantitative estimate of drug-likeness (QED) is 0.437. The van der Waals surface area contributed by atoms with E-state index in [9.17, 15) is 18.3 Å². The zero-order valence-electron chi connectivity index (χ0n) is 18.1. The Morgan fingerprint density at radius 2 is 1.78 bits per heavy atom. The number of thiazole rings is 1. The van der Waals surface area contributed by atoms with E-state index in [1.54, 1.807) is 13.0 Å². The van der Waals surface area contributed by atoms with Crippen LogP contribution in [0, 0.1) is 13.8 Å². The molecule has 0 saturated carbocycles. The first-order valence-corrected chi connectivity index (χ1v) is 11.1. The van der Waals surface area contributed by atoms with Crippen molar-refractivity contribution in [3.05, 3.63) is 69.7 Å². The van der Waals surface area contributed by atoms with Crippen molar-refractivity contribution in [2.45, 2.75) is 52.0 Å². The van der Waals surface area contributed by atoms with Crippen LogP contribution >= 0.6 is 11.3 Å². The smallest absolute Gasteiger partial charge is 0.416 e. The predicted octanol–water partition coefficient (Wildman–Crippen LogP) is 5.87. The maximum Gasteiger partial charge on any atom is 0.416 e.